The molecule has 0 aliphatic carbocycles. The number of hydrogen-bond acceptors (Lipinski definition) is 3. The number of aryl methyl sites for hydroxylation is 2. The molecular formula is C18H15N3V. The molecule has 0 bridgehead atoms. The normalized spacial score (nSPS) is 10.1. The number of rotatable bonds is 3. The predicted molar refractivity (Wildman–Crippen MR) is 86.3 cm³/mol. The molecule has 0 atom stereocenters. The van der Waals surface area contributed by atoms with Gasteiger partial charge in [0, 0.05) is 5.39 Å². The van der Waals surface area contributed by atoms with E-state index in [1.165, 1.54) is 17.2 Å². The largest absolute Gasteiger partial charge is 2.00 e. The molecule has 4 heteroatoms. The second kappa shape index (κ2) is 6.78. The summed E-state index contributed by atoms with van der Waals surface area (Å²) >= 11 is 0. The Balaban J connectivity index is 0.00000176. The van der Waals surface area contributed by atoms with E-state index in [1.807, 2.05) is 18.2 Å². The SMILES string of the molecule is [CH-]=Cc1[c-]cccc1Nc1ncnc2cc(C)c(C)cc12.[V+2]. The summed E-state index contributed by atoms with van der Waals surface area (Å²) in [6.45, 7) is 9.80. The van der Waals surface area contributed by atoms with Gasteiger partial charge >= 0.3 is 18.6 Å². The van der Waals surface area contributed by atoms with E-state index in [-0.39, 0.29) is 18.6 Å². The van der Waals surface area contributed by atoms with Gasteiger partial charge in [0.1, 0.15) is 12.1 Å². The Bertz CT molecular complexity index is 828. The summed E-state index contributed by atoms with van der Waals surface area (Å²) in [4.78, 5) is 8.69. The standard InChI is InChI=1S/C18H15N3.V/c1-4-14-7-5-6-8-16(14)21-18-15-9-12(2)13(3)10-17(15)19-11-20-18;/h1,4-6,8-11H,2-3H3,(H,19,20,21);/q-2;+2. The number of nitrogens with one attached hydrogen (secondary N) is 1. The van der Waals surface area contributed by atoms with Gasteiger partial charge in [-0.2, -0.15) is 6.07 Å². The molecule has 1 N–H and O–H groups in total. The predicted octanol–water partition coefficient (Wildman–Crippen LogP) is 4.23. The number of benzene rings is 2. The molecular weight excluding hydrogens is 309 g/mol. The fourth-order valence-electron chi connectivity index (χ4n) is 2.24. The van der Waals surface area contributed by atoms with E-state index in [1.54, 1.807) is 6.33 Å². The fourth-order valence-corrected chi connectivity index (χ4v) is 2.24. The van der Waals surface area contributed by atoms with Crippen molar-refractivity contribution in [3.8, 4) is 0 Å². The topological polar surface area (TPSA) is 37.8 Å². The molecule has 107 valence electrons. The molecule has 0 amide bonds. The van der Waals surface area contributed by atoms with Gasteiger partial charge < -0.3 is 18.0 Å². The minimum Gasteiger partial charge on any atom is -0.397 e. The number of hydrogen-bond donors (Lipinski definition) is 1. The third kappa shape index (κ3) is 3.06. The Morgan fingerprint density at radius 1 is 1.18 bits per heavy atom. The van der Waals surface area contributed by atoms with Crippen LogP contribution in [0.4, 0.5) is 11.5 Å². The van der Waals surface area contributed by atoms with Crippen LogP contribution in [-0.4, -0.2) is 9.97 Å². The first-order valence-electron chi connectivity index (χ1n) is 6.73. The summed E-state index contributed by atoms with van der Waals surface area (Å²) in [6, 6.07) is 13.0. The van der Waals surface area contributed by atoms with Crippen molar-refractivity contribution in [3.05, 3.63) is 66.0 Å². The summed E-state index contributed by atoms with van der Waals surface area (Å²) in [7, 11) is 0. The van der Waals surface area contributed by atoms with Gasteiger partial charge in [-0.1, -0.05) is 0 Å². The minimum atomic E-state index is 0. The molecule has 0 unspecified atom stereocenters. The van der Waals surface area contributed by atoms with E-state index < -0.39 is 0 Å². The van der Waals surface area contributed by atoms with Gasteiger partial charge in [0.25, 0.3) is 0 Å². The zero-order chi connectivity index (χ0) is 14.8. The smallest absolute Gasteiger partial charge is 0.397 e. The van der Waals surface area contributed by atoms with Crippen molar-refractivity contribution < 1.29 is 18.6 Å². The average Bonchev–Trinajstić information content (AvgIpc) is 2.50. The first kappa shape index (κ1) is 16.3. The Morgan fingerprint density at radius 2 is 1.95 bits per heavy atom. The third-order valence-corrected chi connectivity index (χ3v) is 3.56. The van der Waals surface area contributed by atoms with Crippen LogP contribution in [0.5, 0.6) is 0 Å². The summed E-state index contributed by atoms with van der Waals surface area (Å²) in [6.07, 6.45) is 3.10. The Labute approximate surface area is 142 Å². The van der Waals surface area contributed by atoms with E-state index >= 15 is 0 Å². The first-order chi connectivity index (χ1) is 10.2. The van der Waals surface area contributed by atoms with Crippen molar-refractivity contribution in [1.29, 1.82) is 0 Å². The molecule has 1 heterocycles. The monoisotopic (exact) mass is 324 g/mol. The van der Waals surface area contributed by atoms with Crippen LogP contribution in [0, 0.1) is 26.5 Å². The molecule has 2 aromatic carbocycles. The van der Waals surface area contributed by atoms with Gasteiger partial charge in [-0.15, -0.1) is 17.8 Å². The quantitative estimate of drug-likeness (QED) is 0.733. The Hall–Kier alpha value is -2.10. The van der Waals surface area contributed by atoms with Gasteiger partial charge in [0.2, 0.25) is 0 Å². The maximum atomic E-state index is 5.63. The zero-order valence-electron chi connectivity index (χ0n) is 12.5. The minimum absolute atomic E-state index is 0. The van der Waals surface area contributed by atoms with E-state index in [0.717, 1.165) is 28.0 Å². The van der Waals surface area contributed by atoms with Crippen LogP contribution in [0.3, 0.4) is 0 Å². The number of nitrogens with zero attached hydrogens (tertiary/aromatic N) is 2. The van der Waals surface area contributed by atoms with E-state index in [0.29, 0.717) is 0 Å². The van der Waals surface area contributed by atoms with Crippen LogP contribution in [0.15, 0.2) is 36.7 Å². The number of anilines is 2. The van der Waals surface area contributed by atoms with E-state index in [4.69, 9.17) is 6.58 Å². The van der Waals surface area contributed by atoms with Crippen LogP contribution in [0.1, 0.15) is 16.7 Å². The van der Waals surface area contributed by atoms with Crippen LogP contribution in [-0.2, 0) is 18.6 Å². The van der Waals surface area contributed by atoms with Crippen molar-refractivity contribution in [2.75, 3.05) is 5.32 Å². The summed E-state index contributed by atoms with van der Waals surface area (Å²) in [5.41, 5.74) is 5.04. The summed E-state index contributed by atoms with van der Waals surface area (Å²) in [5, 5.41) is 4.31. The first-order valence-corrected chi connectivity index (χ1v) is 6.73. The van der Waals surface area contributed by atoms with Crippen molar-refractivity contribution in [1.82, 2.24) is 9.97 Å². The van der Waals surface area contributed by atoms with Gasteiger partial charge in [0.05, 0.1) is 5.52 Å². The Morgan fingerprint density at radius 3 is 2.73 bits per heavy atom. The maximum Gasteiger partial charge on any atom is 2.00 e. The second-order valence-electron chi connectivity index (χ2n) is 4.97. The molecule has 1 radical (unpaired) electrons. The molecule has 22 heavy (non-hydrogen) atoms. The zero-order valence-corrected chi connectivity index (χ0v) is 13.9. The Kier molecular flexibility index (Phi) is 5.01. The molecule has 0 saturated heterocycles. The molecule has 3 rings (SSSR count). The molecule has 3 aromatic rings. The molecule has 0 saturated carbocycles. The van der Waals surface area contributed by atoms with Gasteiger partial charge in [0.15, 0.2) is 0 Å². The number of fused-ring (bicyclic) bond motifs is 1. The van der Waals surface area contributed by atoms with E-state index in [2.05, 4.69) is 47.3 Å². The molecule has 0 fully saturated rings. The van der Waals surface area contributed by atoms with Crippen LogP contribution < -0.4 is 5.32 Å². The summed E-state index contributed by atoms with van der Waals surface area (Å²) in [5.74, 6) is 0.769. The molecule has 1 aromatic heterocycles. The van der Waals surface area contributed by atoms with Gasteiger partial charge in [-0.3, -0.25) is 5.56 Å². The maximum absolute atomic E-state index is 5.63. The van der Waals surface area contributed by atoms with Gasteiger partial charge in [-0.25, -0.2) is 16.0 Å². The van der Waals surface area contributed by atoms with Crippen LogP contribution in [0.25, 0.3) is 17.0 Å². The van der Waals surface area contributed by atoms with Crippen molar-refractivity contribution in [2.45, 2.75) is 13.8 Å². The third-order valence-electron chi connectivity index (χ3n) is 3.56. The van der Waals surface area contributed by atoms with Crippen molar-refractivity contribution >= 4 is 28.5 Å². The molecule has 0 aliphatic rings. The van der Waals surface area contributed by atoms with Crippen LogP contribution >= 0.6 is 0 Å². The van der Waals surface area contributed by atoms with Crippen LogP contribution in [0.2, 0.25) is 0 Å². The van der Waals surface area contributed by atoms with E-state index in [9.17, 15) is 0 Å². The fraction of sp³-hybridized carbons (Fsp3) is 0.111. The molecule has 0 spiro atoms. The average molecular weight is 324 g/mol. The van der Waals surface area contributed by atoms with Gasteiger partial charge in [-0.05, 0) is 37.1 Å². The van der Waals surface area contributed by atoms with Crippen molar-refractivity contribution in [3.63, 3.8) is 0 Å². The molecule has 0 aliphatic heterocycles. The number of aromatic nitrogens is 2. The van der Waals surface area contributed by atoms with Crippen molar-refractivity contribution in [2.24, 2.45) is 0 Å². The second-order valence-corrected chi connectivity index (χ2v) is 4.97. The molecule has 3 nitrogen and oxygen atoms in total. The summed E-state index contributed by atoms with van der Waals surface area (Å²) < 4.78 is 0.